The van der Waals surface area contributed by atoms with Crippen molar-refractivity contribution in [1.29, 1.82) is 0 Å². The molecule has 0 aromatic heterocycles. The van der Waals surface area contributed by atoms with Gasteiger partial charge in [0.25, 0.3) is 0 Å². The number of hydrogen-bond donors (Lipinski definition) is 0. The molecule has 2 aromatic rings. The zero-order valence-corrected chi connectivity index (χ0v) is 27.2. The first-order valence-electron chi connectivity index (χ1n) is 13.0. The van der Waals surface area contributed by atoms with E-state index in [0.29, 0.717) is 33.2 Å². The summed E-state index contributed by atoms with van der Waals surface area (Å²) in [6, 6.07) is 14.4. The standard InChI is InChI=1S/C17H29.C15H13.2ClH.Zr/c1-10(2)14-9-15(11(3)4)17(13(7)8)16(14)12(5)6;1-10-3-5-14-12(7-10)9-13-8-11(2)4-6-15(13)14;;;/h10-14H,1-8H3;3-9H,1-2H3;2*1H;/q;;;;+2/p-2. The van der Waals surface area contributed by atoms with E-state index >= 15 is 0 Å². The molecule has 0 amide bonds. The molecule has 1 atom stereocenters. The third kappa shape index (κ3) is 5.49. The van der Waals surface area contributed by atoms with E-state index in [9.17, 15) is 0 Å². The molecular formula is C32H42Cl2Zr. The first kappa shape index (κ1) is 30.6. The van der Waals surface area contributed by atoms with Crippen molar-refractivity contribution in [2.24, 2.45) is 29.6 Å². The van der Waals surface area contributed by atoms with Gasteiger partial charge in [0.15, 0.2) is 0 Å². The zero-order valence-electron chi connectivity index (χ0n) is 23.2. The summed E-state index contributed by atoms with van der Waals surface area (Å²) in [5.74, 6) is 3.14. The molecule has 4 rings (SSSR count). The van der Waals surface area contributed by atoms with E-state index in [1.807, 2.05) is 3.28 Å². The second-order valence-corrected chi connectivity index (χ2v) is 15.1. The van der Waals surface area contributed by atoms with Crippen LogP contribution in [-0.2, 0) is 23.2 Å². The van der Waals surface area contributed by atoms with Gasteiger partial charge in [-0.05, 0) is 0 Å². The van der Waals surface area contributed by atoms with Crippen LogP contribution in [0.2, 0.25) is 0 Å². The predicted octanol–water partition coefficient (Wildman–Crippen LogP) is 3.27. The van der Waals surface area contributed by atoms with Gasteiger partial charge in [0.05, 0.1) is 0 Å². The summed E-state index contributed by atoms with van der Waals surface area (Å²) >= 11 is -0.937. The number of fused-ring (bicyclic) bond motifs is 3. The van der Waals surface area contributed by atoms with Crippen molar-refractivity contribution < 1.29 is 48.0 Å². The number of benzene rings is 2. The van der Waals surface area contributed by atoms with E-state index in [0.717, 1.165) is 0 Å². The number of rotatable bonds is 6. The Labute approximate surface area is 238 Å². The molecule has 2 aliphatic rings. The summed E-state index contributed by atoms with van der Waals surface area (Å²) in [5, 5.41) is 0. The Balaban J connectivity index is 0.00000216. The second-order valence-electron chi connectivity index (χ2n) is 11.6. The maximum atomic E-state index is 2.51. The van der Waals surface area contributed by atoms with Gasteiger partial charge in [0.1, 0.15) is 0 Å². The molecule has 35 heavy (non-hydrogen) atoms. The van der Waals surface area contributed by atoms with Crippen LogP contribution in [0, 0.1) is 43.4 Å². The van der Waals surface area contributed by atoms with Gasteiger partial charge in [-0.1, -0.05) is 0 Å². The van der Waals surface area contributed by atoms with Gasteiger partial charge in [-0.15, -0.1) is 0 Å². The van der Waals surface area contributed by atoms with Crippen molar-refractivity contribution in [2.45, 2.75) is 72.9 Å². The van der Waals surface area contributed by atoms with Crippen LogP contribution in [0.4, 0.5) is 0 Å². The first-order chi connectivity index (χ1) is 15.5. The third-order valence-corrected chi connectivity index (χ3v) is 12.0. The van der Waals surface area contributed by atoms with Crippen molar-refractivity contribution in [1.82, 2.24) is 0 Å². The van der Waals surface area contributed by atoms with Crippen molar-refractivity contribution in [3.8, 4) is 11.1 Å². The summed E-state index contributed by atoms with van der Waals surface area (Å²) in [6.07, 6.45) is 0. The van der Waals surface area contributed by atoms with Gasteiger partial charge in [-0.3, -0.25) is 0 Å². The molecule has 0 heterocycles. The molecule has 0 bridgehead atoms. The fraction of sp³-hybridized carbons (Fsp3) is 0.500. The maximum Gasteiger partial charge on any atom is -1.00 e. The molecule has 0 saturated carbocycles. The molecule has 0 saturated heterocycles. The molecule has 188 valence electrons. The van der Waals surface area contributed by atoms with Crippen LogP contribution in [0.5, 0.6) is 0 Å². The van der Waals surface area contributed by atoms with Gasteiger partial charge in [-0.25, -0.2) is 0 Å². The summed E-state index contributed by atoms with van der Waals surface area (Å²) in [7, 11) is 0. The molecule has 0 N–H and O–H groups in total. The molecule has 0 radical (unpaired) electrons. The summed E-state index contributed by atoms with van der Waals surface area (Å²) < 4.78 is 2.53. The third-order valence-electron chi connectivity index (χ3n) is 7.61. The minimum Gasteiger partial charge on any atom is -1.00 e. The van der Waals surface area contributed by atoms with E-state index in [1.54, 1.807) is 27.8 Å². The summed E-state index contributed by atoms with van der Waals surface area (Å²) in [4.78, 5) is 0. The second kappa shape index (κ2) is 11.8. The van der Waals surface area contributed by atoms with Crippen LogP contribution >= 0.6 is 0 Å². The Kier molecular flexibility index (Phi) is 10.4. The number of allylic oxidation sites excluding steroid dienone is 4. The Morgan fingerprint density at radius 3 is 1.46 bits per heavy atom. The van der Waals surface area contributed by atoms with Gasteiger partial charge < -0.3 is 24.8 Å². The summed E-state index contributed by atoms with van der Waals surface area (Å²) in [6.45, 7) is 24.1. The molecule has 0 aliphatic heterocycles. The quantitative estimate of drug-likeness (QED) is 0.486. The van der Waals surface area contributed by atoms with Crippen LogP contribution in [0.25, 0.3) is 11.1 Å². The van der Waals surface area contributed by atoms with Gasteiger partial charge in [0, 0.05) is 0 Å². The van der Waals surface area contributed by atoms with E-state index in [2.05, 4.69) is 106 Å². The zero-order chi connectivity index (χ0) is 24.2. The largest absolute Gasteiger partial charge is 1.00 e. The Hall–Kier alpha value is -0.617. The van der Waals surface area contributed by atoms with Gasteiger partial charge >= 0.3 is 215 Å². The van der Waals surface area contributed by atoms with E-state index < -0.39 is 23.2 Å². The predicted molar refractivity (Wildman–Crippen MR) is 140 cm³/mol. The first-order valence-corrected chi connectivity index (χ1v) is 15.6. The Morgan fingerprint density at radius 2 is 1.09 bits per heavy atom. The minimum absolute atomic E-state index is 0. The van der Waals surface area contributed by atoms with Crippen LogP contribution < -0.4 is 24.8 Å². The van der Waals surface area contributed by atoms with Crippen molar-refractivity contribution in [3.63, 3.8) is 0 Å². The number of hydrogen-bond acceptors (Lipinski definition) is 0. The van der Waals surface area contributed by atoms with Crippen molar-refractivity contribution in [3.05, 3.63) is 78.7 Å². The normalized spacial score (nSPS) is 17.3. The average molecular weight is 589 g/mol. The van der Waals surface area contributed by atoms with Crippen molar-refractivity contribution in [2.75, 3.05) is 0 Å². The maximum absolute atomic E-state index is 2.51. The van der Waals surface area contributed by atoms with E-state index in [1.165, 1.54) is 22.3 Å². The average Bonchev–Trinajstić information content (AvgIpc) is 3.21. The van der Waals surface area contributed by atoms with E-state index in [-0.39, 0.29) is 24.8 Å². The SMILES string of the molecule is Cc1ccc2c(c1)[CH]([Zr+2][C]1=C(C(C)C)C(C(C)C)=C(C(C)C)C1C(C)C)c1cc(C)ccc1-2.[Cl-].[Cl-]. The van der Waals surface area contributed by atoms with Crippen LogP contribution in [0.1, 0.15) is 81.3 Å². The molecule has 0 fully saturated rings. The smallest absolute Gasteiger partial charge is 1.00 e. The Bertz CT molecular complexity index is 1080. The molecule has 1 unspecified atom stereocenters. The molecule has 0 nitrogen and oxygen atoms in total. The van der Waals surface area contributed by atoms with Crippen LogP contribution in [-0.4, -0.2) is 0 Å². The number of halogens is 2. The van der Waals surface area contributed by atoms with Gasteiger partial charge in [0.2, 0.25) is 0 Å². The van der Waals surface area contributed by atoms with Crippen molar-refractivity contribution >= 4 is 0 Å². The molecule has 2 aromatic carbocycles. The number of aryl methyl sites for hydroxylation is 2. The minimum atomic E-state index is -0.937. The van der Waals surface area contributed by atoms with Gasteiger partial charge in [-0.2, -0.15) is 0 Å². The fourth-order valence-electron chi connectivity index (χ4n) is 6.40. The monoisotopic (exact) mass is 586 g/mol. The molecule has 0 spiro atoms. The topological polar surface area (TPSA) is 0 Å². The fourth-order valence-corrected chi connectivity index (χ4v) is 12.2. The van der Waals surface area contributed by atoms with Crippen LogP contribution in [0.15, 0.2) is 56.4 Å². The van der Waals surface area contributed by atoms with Crippen LogP contribution in [0.3, 0.4) is 0 Å². The molecular weight excluding hydrogens is 546 g/mol. The summed E-state index contributed by atoms with van der Waals surface area (Å²) in [5.41, 5.74) is 14.3. The van der Waals surface area contributed by atoms with E-state index in [4.69, 9.17) is 0 Å². The molecule has 2 aliphatic carbocycles. The molecule has 3 heteroatoms. The Morgan fingerprint density at radius 1 is 0.629 bits per heavy atom.